The molecule has 40 heavy (non-hydrogen) atoms. The summed E-state index contributed by atoms with van der Waals surface area (Å²) in [6.07, 6.45) is 5.82. The van der Waals surface area contributed by atoms with Gasteiger partial charge in [-0.25, -0.2) is 4.39 Å². The zero-order valence-electron chi connectivity index (χ0n) is 22.2. The Morgan fingerprint density at radius 2 is 2.08 bits per heavy atom. The molecule has 10 heteroatoms. The van der Waals surface area contributed by atoms with Crippen LogP contribution in [0.3, 0.4) is 0 Å². The molecule has 208 valence electrons. The first-order chi connectivity index (χ1) is 19.5. The van der Waals surface area contributed by atoms with E-state index in [9.17, 15) is 9.18 Å². The number of carbonyl (C=O) groups excluding carboxylic acids is 1. The van der Waals surface area contributed by atoms with Crippen molar-refractivity contribution in [1.29, 1.82) is 0 Å². The van der Waals surface area contributed by atoms with Crippen LogP contribution >= 0.6 is 11.6 Å². The first-order valence-corrected chi connectivity index (χ1v) is 14.0. The normalized spacial score (nSPS) is 17.8. The Labute approximate surface area is 236 Å². The lowest BCUT2D eigenvalue weighted by Crippen LogP contribution is -2.29. The van der Waals surface area contributed by atoms with E-state index in [4.69, 9.17) is 25.4 Å². The lowest BCUT2D eigenvalue weighted by atomic mass is 10.00. The van der Waals surface area contributed by atoms with Crippen LogP contribution < -0.4 is 5.32 Å². The van der Waals surface area contributed by atoms with Gasteiger partial charge < -0.3 is 19.1 Å². The van der Waals surface area contributed by atoms with Gasteiger partial charge in [-0.3, -0.25) is 4.79 Å². The maximum absolute atomic E-state index is 14.5. The molecule has 2 unspecified atom stereocenters. The standard InChI is InChI=1S/C30H30ClFN4O4/c1-17-4-2-6-24(31)27(17)28-23(29(39-36-28)19-8-9-19)16-38-21(13-20-5-3-11-33-20)14-26-34-30(40-35-26)22-10-7-18(15-37)12-25(22)32/h2,4,6-7,10,12,15,19-21,33H,3,5,8-9,11,13-14,16H2,1H3. The van der Waals surface area contributed by atoms with Gasteiger partial charge in [0.05, 0.1) is 23.3 Å². The van der Waals surface area contributed by atoms with E-state index in [2.05, 4.69) is 20.6 Å². The molecule has 1 saturated carbocycles. The molecule has 0 amide bonds. The Morgan fingerprint density at radius 1 is 1.20 bits per heavy atom. The fourth-order valence-electron chi connectivity index (χ4n) is 5.37. The predicted octanol–water partition coefficient (Wildman–Crippen LogP) is 6.45. The molecule has 2 aromatic heterocycles. The number of aryl methyl sites for hydroxylation is 1. The fraction of sp³-hybridized carbons (Fsp3) is 0.400. The number of nitrogens with one attached hydrogen (secondary N) is 1. The van der Waals surface area contributed by atoms with Crippen molar-refractivity contribution < 1.29 is 23.0 Å². The van der Waals surface area contributed by atoms with Crippen LogP contribution in [0.1, 0.15) is 71.1 Å². The van der Waals surface area contributed by atoms with Gasteiger partial charge in [0.25, 0.3) is 5.89 Å². The molecule has 2 aliphatic rings. The number of aromatic nitrogens is 3. The summed E-state index contributed by atoms with van der Waals surface area (Å²) in [5.74, 6) is 1.10. The van der Waals surface area contributed by atoms with Gasteiger partial charge in [-0.05, 0) is 69.3 Å². The number of hydrogen-bond donors (Lipinski definition) is 1. The van der Waals surface area contributed by atoms with Crippen molar-refractivity contribution in [2.45, 2.75) is 70.1 Å². The Kier molecular flexibility index (Phi) is 7.78. The van der Waals surface area contributed by atoms with Crippen LogP contribution in [-0.2, 0) is 17.8 Å². The van der Waals surface area contributed by atoms with Gasteiger partial charge in [0, 0.05) is 35.1 Å². The van der Waals surface area contributed by atoms with Gasteiger partial charge in [-0.15, -0.1) is 0 Å². The topological polar surface area (TPSA) is 103 Å². The Hall–Kier alpha value is -3.40. The molecule has 2 fully saturated rings. The molecule has 0 radical (unpaired) electrons. The summed E-state index contributed by atoms with van der Waals surface area (Å²) < 4.78 is 32.3. The summed E-state index contributed by atoms with van der Waals surface area (Å²) in [7, 11) is 0. The van der Waals surface area contributed by atoms with Crippen molar-refractivity contribution >= 4 is 17.9 Å². The molecule has 0 spiro atoms. The van der Waals surface area contributed by atoms with Gasteiger partial charge in [-0.1, -0.05) is 40.1 Å². The monoisotopic (exact) mass is 564 g/mol. The summed E-state index contributed by atoms with van der Waals surface area (Å²) in [5, 5.41) is 12.7. The summed E-state index contributed by atoms with van der Waals surface area (Å²) in [6, 6.07) is 10.2. The molecule has 1 aliphatic carbocycles. The third kappa shape index (κ3) is 5.73. The van der Waals surface area contributed by atoms with E-state index in [1.807, 2.05) is 25.1 Å². The van der Waals surface area contributed by atoms with Crippen molar-refractivity contribution in [3.05, 3.63) is 75.5 Å². The predicted molar refractivity (Wildman–Crippen MR) is 147 cm³/mol. The van der Waals surface area contributed by atoms with Gasteiger partial charge in [-0.2, -0.15) is 4.98 Å². The molecular weight excluding hydrogens is 535 g/mol. The minimum atomic E-state index is -0.592. The van der Waals surface area contributed by atoms with Crippen LogP contribution in [-0.4, -0.2) is 40.3 Å². The average Bonchev–Trinajstić information content (AvgIpc) is 3.28. The highest BCUT2D eigenvalue weighted by molar-refractivity contribution is 6.33. The quantitative estimate of drug-likeness (QED) is 0.207. The second kappa shape index (κ2) is 11.6. The van der Waals surface area contributed by atoms with E-state index in [1.54, 1.807) is 0 Å². The number of halogens is 2. The summed E-state index contributed by atoms with van der Waals surface area (Å²) >= 11 is 6.60. The van der Waals surface area contributed by atoms with Crippen molar-refractivity contribution in [2.75, 3.05) is 6.54 Å². The van der Waals surface area contributed by atoms with Crippen LogP contribution in [0, 0.1) is 12.7 Å². The number of hydrogen-bond acceptors (Lipinski definition) is 8. The van der Waals surface area contributed by atoms with Crippen LogP contribution in [0.25, 0.3) is 22.7 Å². The second-order valence-electron chi connectivity index (χ2n) is 10.6. The fourth-order valence-corrected chi connectivity index (χ4v) is 5.68. The highest BCUT2D eigenvalue weighted by Gasteiger charge is 2.34. The summed E-state index contributed by atoms with van der Waals surface area (Å²) in [4.78, 5) is 15.4. The second-order valence-corrected chi connectivity index (χ2v) is 11.0. The average molecular weight is 565 g/mol. The lowest BCUT2D eigenvalue weighted by molar-refractivity contribution is 0.0277. The van der Waals surface area contributed by atoms with Gasteiger partial charge in [0.15, 0.2) is 5.82 Å². The number of ether oxygens (including phenoxy) is 1. The minimum absolute atomic E-state index is 0.0641. The molecule has 1 saturated heterocycles. The number of benzene rings is 2. The molecule has 0 bridgehead atoms. The third-order valence-electron chi connectivity index (χ3n) is 7.64. The SMILES string of the molecule is Cc1cccc(Cl)c1-c1noc(C2CC2)c1COC(Cc1noc(-c2ccc(C=O)cc2F)n1)CC1CCCN1. The molecule has 1 aliphatic heterocycles. The molecule has 8 nitrogen and oxygen atoms in total. The van der Waals surface area contributed by atoms with E-state index in [1.165, 1.54) is 12.1 Å². The van der Waals surface area contributed by atoms with Crippen LogP contribution in [0.4, 0.5) is 4.39 Å². The lowest BCUT2D eigenvalue weighted by Gasteiger charge is -2.21. The van der Waals surface area contributed by atoms with E-state index in [0.29, 0.717) is 42.1 Å². The Morgan fingerprint density at radius 3 is 2.80 bits per heavy atom. The highest BCUT2D eigenvalue weighted by atomic mass is 35.5. The van der Waals surface area contributed by atoms with Gasteiger partial charge >= 0.3 is 0 Å². The van der Waals surface area contributed by atoms with Crippen molar-refractivity contribution in [1.82, 2.24) is 20.6 Å². The molecule has 2 aromatic carbocycles. The third-order valence-corrected chi connectivity index (χ3v) is 7.95. The maximum atomic E-state index is 14.5. The van der Waals surface area contributed by atoms with E-state index in [-0.39, 0.29) is 23.1 Å². The first-order valence-electron chi connectivity index (χ1n) is 13.7. The highest BCUT2D eigenvalue weighted by Crippen LogP contribution is 2.45. The van der Waals surface area contributed by atoms with E-state index >= 15 is 0 Å². The van der Waals surface area contributed by atoms with Gasteiger partial charge in [0.1, 0.15) is 23.6 Å². The number of rotatable bonds is 11. The summed E-state index contributed by atoms with van der Waals surface area (Å²) in [5.41, 5.74) is 3.91. The number of carbonyl (C=O) groups is 1. The van der Waals surface area contributed by atoms with E-state index < -0.39 is 5.82 Å². The smallest absolute Gasteiger partial charge is 0.260 e. The molecule has 6 rings (SSSR count). The largest absolute Gasteiger partial charge is 0.373 e. The van der Waals surface area contributed by atoms with Crippen LogP contribution in [0.15, 0.2) is 45.4 Å². The maximum Gasteiger partial charge on any atom is 0.260 e. The Balaban J connectivity index is 1.24. The van der Waals surface area contributed by atoms with Crippen LogP contribution in [0.5, 0.6) is 0 Å². The van der Waals surface area contributed by atoms with Gasteiger partial charge in [0.2, 0.25) is 0 Å². The minimum Gasteiger partial charge on any atom is -0.373 e. The zero-order valence-corrected chi connectivity index (χ0v) is 22.9. The zero-order chi connectivity index (χ0) is 27.6. The molecule has 1 N–H and O–H groups in total. The molecule has 2 atom stereocenters. The van der Waals surface area contributed by atoms with Crippen molar-refractivity contribution in [3.63, 3.8) is 0 Å². The molecular formula is C30H30ClFN4O4. The Bertz CT molecular complexity index is 1490. The van der Waals surface area contributed by atoms with Crippen molar-refractivity contribution in [3.8, 4) is 22.7 Å². The molecule has 4 aromatic rings. The molecule has 3 heterocycles. The number of nitrogens with zero attached hydrogens (tertiary/aromatic N) is 3. The van der Waals surface area contributed by atoms with Crippen molar-refractivity contribution in [2.24, 2.45) is 0 Å². The van der Waals surface area contributed by atoms with Crippen LogP contribution in [0.2, 0.25) is 5.02 Å². The first kappa shape index (κ1) is 26.8. The van der Waals surface area contributed by atoms with E-state index in [0.717, 1.165) is 72.9 Å². The number of aldehydes is 1. The summed E-state index contributed by atoms with van der Waals surface area (Å²) in [6.45, 7) is 3.29.